The van der Waals surface area contributed by atoms with Crippen molar-refractivity contribution >= 4 is 23.0 Å². The molecule has 0 radical (unpaired) electrons. The smallest absolute Gasteiger partial charge is 0.224 e. The summed E-state index contributed by atoms with van der Waals surface area (Å²) < 4.78 is 22.9. The minimum absolute atomic E-state index is 0.0112. The van der Waals surface area contributed by atoms with Crippen LogP contribution >= 0.6 is 0 Å². The number of hydrogen-bond donors (Lipinski definition) is 1. The van der Waals surface area contributed by atoms with Crippen LogP contribution in [0.15, 0.2) is 52.7 Å². The first-order chi connectivity index (χ1) is 18.8. The highest BCUT2D eigenvalue weighted by Gasteiger charge is 2.10. The molecule has 2 aromatic carbocycles. The van der Waals surface area contributed by atoms with Crippen molar-refractivity contribution in [3.63, 3.8) is 0 Å². The van der Waals surface area contributed by atoms with Crippen molar-refractivity contribution in [3.05, 3.63) is 42.5 Å². The van der Waals surface area contributed by atoms with E-state index in [4.69, 9.17) is 18.9 Å². The maximum Gasteiger partial charge on any atom is 0.224 e. The number of unbranched alkanes of at least 4 members (excludes halogenated alkanes) is 8. The van der Waals surface area contributed by atoms with E-state index in [0.29, 0.717) is 74.6 Å². The van der Waals surface area contributed by atoms with Crippen molar-refractivity contribution in [2.24, 2.45) is 10.2 Å². The van der Waals surface area contributed by atoms with Gasteiger partial charge in [0.2, 0.25) is 5.91 Å². The molecule has 8 nitrogen and oxygen atoms in total. The van der Waals surface area contributed by atoms with Crippen LogP contribution in [0.3, 0.4) is 0 Å². The Labute approximate surface area is 227 Å². The van der Waals surface area contributed by atoms with Crippen molar-refractivity contribution in [2.75, 3.05) is 45.0 Å². The molecule has 0 bridgehead atoms. The van der Waals surface area contributed by atoms with Gasteiger partial charge in [0.1, 0.15) is 36.1 Å². The first-order valence-corrected chi connectivity index (χ1v) is 14.1. The second-order valence-electron chi connectivity index (χ2n) is 9.40. The van der Waals surface area contributed by atoms with Gasteiger partial charge in [0, 0.05) is 18.2 Å². The predicted octanol–water partition coefficient (Wildman–Crippen LogP) is 7.77. The number of amides is 1. The molecule has 1 aliphatic heterocycles. The zero-order chi connectivity index (χ0) is 26.7. The lowest BCUT2D eigenvalue weighted by atomic mass is 10.1. The summed E-state index contributed by atoms with van der Waals surface area (Å²) >= 11 is 0. The highest BCUT2D eigenvalue weighted by Crippen LogP contribution is 2.34. The summed E-state index contributed by atoms with van der Waals surface area (Å²) in [5.41, 5.74) is 1.85. The number of rotatable bonds is 11. The fourth-order valence-electron chi connectivity index (χ4n) is 4.12. The minimum atomic E-state index is 0.0112. The van der Waals surface area contributed by atoms with Gasteiger partial charge >= 0.3 is 0 Å². The molecule has 0 spiro atoms. The summed E-state index contributed by atoms with van der Waals surface area (Å²) in [6.07, 6.45) is 11.5. The number of anilines is 1. The van der Waals surface area contributed by atoms with E-state index in [9.17, 15) is 4.79 Å². The Kier molecular flexibility index (Phi) is 14.3. The van der Waals surface area contributed by atoms with Gasteiger partial charge in [-0.05, 0) is 30.7 Å². The Morgan fingerprint density at radius 1 is 0.711 bits per heavy atom. The van der Waals surface area contributed by atoms with Gasteiger partial charge in [-0.25, -0.2) is 0 Å². The molecule has 2 aromatic rings. The number of ether oxygens (including phenoxy) is 4. The molecule has 8 heteroatoms. The fraction of sp³-hybridized carbons (Fsp3) is 0.567. The highest BCUT2D eigenvalue weighted by atomic mass is 16.6. The van der Waals surface area contributed by atoms with Gasteiger partial charge in [0.15, 0.2) is 0 Å². The molecule has 1 aliphatic rings. The SMILES string of the molecule is CCCCCCCCCCCC(=O)Nc1ccc2c(c1)OCCOCCOCCOc1ccccc1N=N2. The fourth-order valence-corrected chi connectivity index (χ4v) is 4.12. The van der Waals surface area contributed by atoms with Gasteiger partial charge in [0.25, 0.3) is 0 Å². The molecule has 0 aromatic heterocycles. The van der Waals surface area contributed by atoms with E-state index in [0.717, 1.165) is 12.8 Å². The van der Waals surface area contributed by atoms with Gasteiger partial charge in [-0.1, -0.05) is 70.4 Å². The Hall–Kier alpha value is -2.97. The number of hydrogen-bond acceptors (Lipinski definition) is 7. The molecular formula is C30H43N3O5. The molecule has 0 aliphatic carbocycles. The topological polar surface area (TPSA) is 90.7 Å². The molecule has 0 saturated carbocycles. The molecule has 0 atom stereocenters. The second kappa shape index (κ2) is 18.3. The maximum absolute atomic E-state index is 12.5. The third kappa shape index (κ3) is 11.6. The molecule has 1 N–H and O–H groups in total. The van der Waals surface area contributed by atoms with E-state index < -0.39 is 0 Å². The number of carbonyl (C=O) groups is 1. The van der Waals surface area contributed by atoms with Crippen molar-refractivity contribution in [2.45, 2.75) is 71.1 Å². The van der Waals surface area contributed by atoms with E-state index in [1.165, 1.54) is 44.9 Å². The number of benzene rings is 2. The largest absolute Gasteiger partial charge is 0.489 e. The number of nitrogens with zero attached hydrogens (tertiary/aromatic N) is 2. The van der Waals surface area contributed by atoms with Crippen molar-refractivity contribution in [3.8, 4) is 11.5 Å². The summed E-state index contributed by atoms with van der Waals surface area (Å²) in [4.78, 5) is 12.5. The van der Waals surface area contributed by atoms with Crippen molar-refractivity contribution in [1.82, 2.24) is 0 Å². The standard InChI is InChI=1S/C30H43N3O5/c1-2-3-4-5-6-7-8-9-10-15-30(34)31-25-16-17-27-29(24-25)38-23-21-36-19-18-35-20-22-37-28-14-12-11-13-26(28)32-33-27/h11-14,16-17,24H,2-10,15,18-23H2,1H3,(H,31,34). The van der Waals surface area contributed by atoms with Gasteiger partial charge in [-0.3, -0.25) is 4.79 Å². The number of carbonyl (C=O) groups excluding carboxylic acids is 1. The highest BCUT2D eigenvalue weighted by molar-refractivity contribution is 5.91. The van der Waals surface area contributed by atoms with Crippen LogP contribution in [-0.2, 0) is 14.3 Å². The van der Waals surface area contributed by atoms with Gasteiger partial charge in [0.05, 0.1) is 26.4 Å². The Balaban J connectivity index is 1.56. The van der Waals surface area contributed by atoms with Crippen LogP contribution < -0.4 is 14.8 Å². The molecule has 1 amide bonds. The molecule has 0 saturated heterocycles. The molecule has 3 rings (SSSR count). The van der Waals surface area contributed by atoms with Crippen LogP contribution in [0.4, 0.5) is 17.1 Å². The van der Waals surface area contributed by atoms with E-state index in [1.807, 2.05) is 30.3 Å². The zero-order valence-corrected chi connectivity index (χ0v) is 22.8. The van der Waals surface area contributed by atoms with Crippen LogP contribution in [0.1, 0.15) is 71.1 Å². The second-order valence-corrected chi connectivity index (χ2v) is 9.40. The van der Waals surface area contributed by atoms with Crippen LogP contribution in [0.25, 0.3) is 0 Å². The Bertz CT molecular complexity index is 982. The van der Waals surface area contributed by atoms with Gasteiger partial charge < -0.3 is 24.3 Å². The van der Waals surface area contributed by atoms with Gasteiger partial charge in [-0.2, -0.15) is 0 Å². The van der Waals surface area contributed by atoms with E-state index >= 15 is 0 Å². The summed E-state index contributed by atoms with van der Waals surface area (Å²) in [5.74, 6) is 1.17. The summed E-state index contributed by atoms with van der Waals surface area (Å²) in [7, 11) is 0. The lowest BCUT2D eigenvalue weighted by molar-refractivity contribution is -0.116. The predicted molar refractivity (Wildman–Crippen MR) is 150 cm³/mol. The minimum Gasteiger partial charge on any atom is -0.489 e. The molecule has 208 valence electrons. The Morgan fingerprint density at radius 3 is 2.00 bits per heavy atom. The van der Waals surface area contributed by atoms with Crippen LogP contribution in [0.2, 0.25) is 0 Å². The van der Waals surface area contributed by atoms with Crippen molar-refractivity contribution < 1.29 is 23.7 Å². The first kappa shape index (κ1) is 29.6. The first-order valence-electron chi connectivity index (χ1n) is 14.1. The zero-order valence-electron chi connectivity index (χ0n) is 22.8. The molecule has 0 fully saturated rings. The van der Waals surface area contributed by atoms with Crippen LogP contribution in [0.5, 0.6) is 11.5 Å². The van der Waals surface area contributed by atoms with Crippen LogP contribution in [-0.4, -0.2) is 45.5 Å². The number of para-hydroxylation sites is 1. The maximum atomic E-state index is 12.5. The number of azo groups is 1. The van der Waals surface area contributed by atoms with E-state index in [1.54, 1.807) is 12.1 Å². The summed E-state index contributed by atoms with van der Waals surface area (Å²) in [6.45, 7) is 4.82. The summed E-state index contributed by atoms with van der Waals surface area (Å²) in [6, 6.07) is 12.9. The molecule has 38 heavy (non-hydrogen) atoms. The molecule has 1 heterocycles. The van der Waals surface area contributed by atoms with Gasteiger partial charge in [-0.15, -0.1) is 10.2 Å². The third-order valence-corrected chi connectivity index (χ3v) is 6.22. The molecular weight excluding hydrogens is 482 g/mol. The van der Waals surface area contributed by atoms with Crippen LogP contribution in [0, 0.1) is 0 Å². The normalized spacial score (nSPS) is 14.6. The van der Waals surface area contributed by atoms with E-state index in [-0.39, 0.29) is 5.91 Å². The molecule has 0 unspecified atom stereocenters. The monoisotopic (exact) mass is 525 g/mol. The average molecular weight is 526 g/mol. The third-order valence-electron chi connectivity index (χ3n) is 6.22. The van der Waals surface area contributed by atoms with Crippen molar-refractivity contribution in [1.29, 1.82) is 0 Å². The lowest BCUT2D eigenvalue weighted by Crippen LogP contribution is -2.14. The number of nitrogens with one attached hydrogen (secondary N) is 1. The quantitative estimate of drug-likeness (QED) is 0.303. The van der Waals surface area contributed by atoms with E-state index in [2.05, 4.69) is 22.5 Å². The number of fused-ring (bicyclic) bond motifs is 2. The average Bonchev–Trinajstić information content (AvgIpc) is 2.92. The Morgan fingerprint density at radius 2 is 1.29 bits per heavy atom. The lowest BCUT2D eigenvalue weighted by Gasteiger charge is -2.13. The summed E-state index contributed by atoms with van der Waals surface area (Å²) in [5, 5.41) is 11.8.